The van der Waals surface area contributed by atoms with Gasteiger partial charge in [0.15, 0.2) is 30.5 Å². The number of hydrogen-bond donors (Lipinski definition) is 18. The van der Waals surface area contributed by atoms with Crippen molar-refractivity contribution in [3.05, 3.63) is 51.4 Å². The van der Waals surface area contributed by atoms with Gasteiger partial charge < -0.3 is 120 Å². The number of aromatic nitrogens is 5. The molecule has 23 N–H and O–H groups in total. The summed E-state index contributed by atoms with van der Waals surface area (Å²) in [6, 6.07) is -8.18. The van der Waals surface area contributed by atoms with Crippen LogP contribution in [0.4, 0.5) is 10.6 Å². The van der Waals surface area contributed by atoms with E-state index in [1.165, 1.54) is 43.9 Å². The number of thiazole rings is 1. The first-order chi connectivity index (χ1) is 43.1. The molecule has 3 aliphatic rings. The second-order valence-electron chi connectivity index (χ2n) is 21.5. The first-order valence-corrected chi connectivity index (χ1v) is 30.1. The number of imidazole rings is 1. The van der Waals surface area contributed by atoms with Crippen molar-refractivity contribution >= 4 is 87.6 Å². The number of ketones is 1. The van der Waals surface area contributed by atoms with E-state index in [0.29, 0.717) is 22.1 Å². The number of Topliss-reactive ketones (excluding diaryl/α,β-unsaturated/α-hetero) is 1. The van der Waals surface area contributed by atoms with E-state index in [1.807, 2.05) is 0 Å². The summed E-state index contributed by atoms with van der Waals surface area (Å²) in [7, 11) is 0. The number of hydrogen-bond acceptors (Lipinski definition) is 31. The largest absolute Gasteiger partial charge is 0.441 e. The Morgan fingerprint density at radius 2 is 1.58 bits per heavy atom. The van der Waals surface area contributed by atoms with Crippen molar-refractivity contribution in [1.82, 2.24) is 51.5 Å². The second-order valence-corrected chi connectivity index (χ2v) is 23.4. The van der Waals surface area contributed by atoms with Crippen LogP contribution in [0.5, 0.6) is 0 Å². The van der Waals surface area contributed by atoms with Crippen molar-refractivity contribution in [2.24, 2.45) is 33.8 Å². The van der Waals surface area contributed by atoms with Crippen LogP contribution < -0.4 is 55.3 Å². The molecule has 6 rings (SSSR count). The highest BCUT2D eigenvalue weighted by molar-refractivity contribution is 8.14. The number of carbonyl (C=O) groups excluding carboxylic acids is 9. The maximum absolute atomic E-state index is 15.1. The van der Waals surface area contributed by atoms with E-state index >= 15 is 4.79 Å². The van der Waals surface area contributed by atoms with Crippen LogP contribution in [0.1, 0.15) is 101 Å². The monoisotopic (exact) mass is 1320 g/mol. The van der Waals surface area contributed by atoms with Gasteiger partial charge in [-0.3, -0.25) is 43.3 Å². The molecule has 0 radical (unpaired) electrons. The number of aromatic amines is 1. The highest BCUT2D eigenvalue weighted by atomic mass is 32.2. The van der Waals surface area contributed by atoms with Gasteiger partial charge in [-0.15, -0.1) is 23.1 Å². The van der Waals surface area contributed by atoms with E-state index in [9.17, 15) is 74.1 Å². The van der Waals surface area contributed by atoms with Crippen molar-refractivity contribution in [3.8, 4) is 0 Å². The highest BCUT2D eigenvalue weighted by Crippen LogP contribution is 2.35. The molecule has 3 aliphatic heterocycles. The van der Waals surface area contributed by atoms with E-state index in [-0.39, 0.29) is 60.6 Å². The van der Waals surface area contributed by atoms with Gasteiger partial charge in [-0.25, -0.2) is 24.7 Å². The summed E-state index contributed by atoms with van der Waals surface area (Å²) in [4.78, 5) is 141. The summed E-state index contributed by atoms with van der Waals surface area (Å²) in [6.07, 6.45) is -20.2. The predicted octanol–water partition coefficient (Wildman–Crippen LogP) is -7.34. The van der Waals surface area contributed by atoms with Gasteiger partial charge in [0, 0.05) is 49.2 Å². The minimum atomic E-state index is -2.11. The number of anilines is 1. The van der Waals surface area contributed by atoms with Crippen molar-refractivity contribution in [2.45, 2.75) is 157 Å². The predicted molar refractivity (Wildman–Crippen MR) is 314 cm³/mol. The van der Waals surface area contributed by atoms with Gasteiger partial charge in [-0.2, -0.15) is 0 Å². The fraction of sp³-hybridized carbons (Fsp3) is 0.615. The topological polar surface area (TPSA) is 611 Å². The fourth-order valence-electron chi connectivity index (χ4n) is 9.68. The molecular weight excluding hydrogens is 1250 g/mol. The maximum Gasteiger partial charge on any atom is 0.404 e. The third kappa shape index (κ3) is 18.9. The Balaban J connectivity index is 1.28. The van der Waals surface area contributed by atoms with Crippen LogP contribution in [0.15, 0.2) is 22.9 Å². The molecule has 502 valence electrons. The van der Waals surface area contributed by atoms with E-state index in [0.717, 1.165) is 19.4 Å². The molecule has 7 amide bonds. The number of aliphatic hydroxyl groups is 7. The zero-order chi connectivity index (χ0) is 67.1. The van der Waals surface area contributed by atoms with Gasteiger partial charge in [-0.1, -0.05) is 6.92 Å². The van der Waals surface area contributed by atoms with Gasteiger partial charge >= 0.3 is 6.09 Å². The van der Waals surface area contributed by atoms with Crippen molar-refractivity contribution < 1.29 is 103 Å². The van der Waals surface area contributed by atoms with E-state index in [2.05, 4.69) is 56.5 Å². The smallest absolute Gasteiger partial charge is 0.404 e. The molecule has 0 spiro atoms. The number of rotatable bonds is 33. The fourth-order valence-corrected chi connectivity index (χ4v) is 11.6. The minimum absolute atomic E-state index is 0.00482. The van der Waals surface area contributed by atoms with Crippen LogP contribution in [0, 0.1) is 12.8 Å². The molecule has 3 aromatic heterocycles. The first-order valence-electron chi connectivity index (χ1n) is 28.2. The third-order valence-corrected chi connectivity index (χ3v) is 17.0. The van der Waals surface area contributed by atoms with E-state index < -0.39 is 189 Å². The molecule has 39 heteroatoms. The van der Waals surface area contributed by atoms with Crippen LogP contribution in [-0.4, -0.2) is 249 Å². The molecule has 0 aromatic carbocycles. The number of amides is 7. The molecule has 37 nitrogen and oxygen atoms in total. The van der Waals surface area contributed by atoms with Gasteiger partial charge in [0.1, 0.15) is 89.0 Å². The Kier molecular flexibility index (Phi) is 26.6. The SMILES string of the molecule is CC(=O)C(NC(=O)C(C)C(O)C(C)NC(=O)C(NC(=O)c1nc(C(CC(N)=O)NCC(N)C(N)=O)nc(N)c1C)C(OC1OC(CO)C(O)C(O)C1OCCC1OC(CO)C(O)C(OC(N)=O)C1O)c1cnc[nH]1)C(=O)NCCC1=NC(c2nc(C=O)cs2)CS1. The van der Waals surface area contributed by atoms with Gasteiger partial charge in [0.25, 0.3) is 5.91 Å². The summed E-state index contributed by atoms with van der Waals surface area (Å²) >= 11 is 2.71. The number of ether oxygens (including phenoxy) is 5. The van der Waals surface area contributed by atoms with Crippen molar-refractivity contribution in [3.63, 3.8) is 0 Å². The van der Waals surface area contributed by atoms with Crippen molar-refractivity contribution in [2.75, 3.05) is 44.4 Å². The molecular formula is C52H76N16O21S2. The van der Waals surface area contributed by atoms with Gasteiger partial charge in [-0.05, 0) is 27.2 Å². The molecule has 3 aromatic rings. The number of nitrogen functional groups attached to an aromatic ring is 1. The Morgan fingerprint density at radius 3 is 2.20 bits per heavy atom. The number of nitrogens with one attached hydrogen (secondary N) is 6. The van der Waals surface area contributed by atoms with E-state index in [1.54, 1.807) is 5.38 Å². The van der Waals surface area contributed by atoms with Crippen molar-refractivity contribution in [1.29, 1.82) is 0 Å². The lowest BCUT2D eigenvalue weighted by molar-refractivity contribution is -0.323. The number of carbonyl (C=O) groups is 9. The molecule has 2 saturated heterocycles. The standard InChI is InChI=1S/C52H76N16O21S2/c1-18-32(65-45(68-43(18)55)24(9-30(54)73)60-10-23(53)44(56)79)48(82)67-34(49(83)62-20(3)35(74)19(2)46(80)66-33(21(4)72)47(81)59-7-5-31-64-26(16-90-31)50-63-22(12-69)15-91-50)40(25-11-58-17-61-25)88-51-42(39(78)36(75)28(13-70)87-51)85-8-6-27-37(76)41(89-52(57)84)38(77)29(14-71)86-27/h11-12,15,17,19-20,23-24,26-29,33-42,51,60,70-71,74-78H,5-10,13-14,16,53H2,1-4H3,(H2,54,73)(H2,56,79)(H2,57,84)(H,58,61)(H,59,81)(H,62,83)(H,66,80)(H,67,82)(H2,55,65,68). The maximum atomic E-state index is 15.1. The number of primary amides is 3. The average Bonchev–Trinajstić information content (AvgIpc) is 0.976. The summed E-state index contributed by atoms with van der Waals surface area (Å²) in [6.45, 7) is 2.19. The lowest BCUT2D eigenvalue weighted by Gasteiger charge is -2.44. The first kappa shape index (κ1) is 72.7. The number of nitrogens with two attached hydrogens (primary N) is 5. The van der Waals surface area contributed by atoms with Crippen LogP contribution in [0.25, 0.3) is 0 Å². The zero-order valence-corrected chi connectivity index (χ0v) is 51.1. The third-order valence-electron chi connectivity index (χ3n) is 14.9. The van der Waals surface area contributed by atoms with Gasteiger partial charge in [0.2, 0.25) is 29.5 Å². The molecule has 2 fully saturated rings. The molecule has 0 aliphatic carbocycles. The zero-order valence-electron chi connectivity index (χ0n) is 49.4. The van der Waals surface area contributed by atoms with Gasteiger partial charge in [0.05, 0.1) is 72.7 Å². The molecule has 19 unspecified atom stereocenters. The average molecular weight is 1330 g/mol. The normalized spacial score (nSPS) is 25.8. The highest BCUT2D eigenvalue weighted by Gasteiger charge is 2.50. The lowest BCUT2D eigenvalue weighted by atomic mass is 9.93. The van der Waals surface area contributed by atoms with E-state index in [4.69, 9.17) is 52.4 Å². The number of aliphatic hydroxyl groups excluding tert-OH is 7. The molecule has 6 heterocycles. The van der Waals surface area contributed by atoms with Crippen LogP contribution in [0.3, 0.4) is 0 Å². The van der Waals surface area contributed by atoms with Crippen LogP contribution in [-0.2, 0) is 52.5 Å². The minimum Gasteiger partial charge on any atom is -0.441 e. The molecule has 91 heavy (non-hydrogen) atoms. The number of aldehydes is 1. The number of thioether (sulfide) groups is 1. The summed E-state index contributed by atoms with van der Waals surface area (Å²) in [5.74, 6) is -8.58. The van der Waals surface area contributed by atoms with Crippen LogP contribution >= 0.6 is 23.1 Å². The molecule has 0 bridgehead atoms. The number of H-pyrrole nitrogens is 1. The Bertz CT molecular complexity index is 3080. The Morgan fingerprint density at radius 1 is 0.890 bits per heavy atom. The molecule has 19 atom stereocenters. The summed E-state index contributed by atoms with van der Waals surface area (Å²) in [5, 5.41) is 92.1. The Labute approximate surface area is 526 Å². The lowest BCUT2D eigenvalue weighted by Crippen LogP contribution is -2.62. The number of aliphatic imine (C=N–C) groups is 1. The number of nitrogens with zero attached hydrogens (tertiary/aromatic N) is 5. The van der Waals surface area contributed by atoms with Crippen LogP contribution in [0.2, 0.25) is 0 Å². The second kappa shape index (κ2) is 33.3. The Hall–Kier alpha value is -7.35. The quantitative estimate of drug-likeness (QED) is 0.0199. The summed E-state index contributed by atoms with van der Waals surface area (Å²) in [5.41, 5.74) is 27.6. The summed E-state index contributed by atoms with van der Waals surface area (Å²) < 4.78 is 28.9. The molecule has 0 saturated carbocycles.